The van der Waals surface area contributed by atoms with E-state index in [1.807, 2.05) is 6.92 Å². The predicted molar refractivity (Wildman–Crippen MR) is 65.0 cm³/mol. The molecule has 0 aliphatic heterocycles. The Labute approximate surface area is 103 Å². The van der Waals surface area contributed by atoms with Gasteiger partial charge in [0, 0.05) is 12.3 Å². The summed E-state index contributed by atoms with van der Waals surface area (Å²) in [6, 6.07) is 0. The van der Waals surface area contributed by atoms with Gasteiger partial charge in [-0.25, -0.2) is 9.97 Å². The highest BCUT2D eigenvalue weighted by Crippen LogP contribution is 2.25. The Hall–Kier alpha value is -0.560. The first kappa shape index (κ1) is 13.5. The van der Waals surface area contributed by atoms with Gasteiger partial charge in [-0.3, -0.25) is 0 Å². The van der Waals surface area contributed by atoms with Crippen molar-refractivity contribution in [3.8, 4) is 0 Å². The van der Waals surface area contributed by atoms with Crippen LogP contribution in [0.25, 0.3) is 0 Å². The Kier molecular flexibility index (Phi) is 5.83. The van der Waals surface area contributed by atoms with Gasteiger partial charge >= 0.3 is 0 Å². The number of nitrogens with zero attached hydrogens (tertiary/aromatic N) is 2. The van der Waals surface area contributed by atoms with Crippen molar-refractivity contribution in [1.82, 2.24) is 9.97 Å². The molecule has 0 saturated heterocycles. The lowest BCUT2D eigenvalue weighted by molar-refractivity contribution is 0.113. The number of halogens is 1. The van der Waals surface area contributed by atoms with Crippen LogP contribution in [0.15, 0.2) is 11.2 Å². The summed E-state index contributed by atoms with van der Waals surface area (Å²) in [4.78, 5) is 8.18. The third-order valence-electron chi connectivity index (χ3n) is 1.67. The number of thioether (sulfide) groups is 1. The third-order valence-corrected chi connectivity index (χ3v) is 3.19. The normalized spacial score (nSPS) is 12.5. The zero-order valence-corrected chi connectivity index (χ0v) is 10.4. The molecule has 1 atom stereocenters. The Bertz CT molecular complexity index is 341. The molecule has 0 radical (unpaired) electrons. The summed E-state index contributed by atoms with van der Waals surface area (Å²) in [6.07, 6.45) is 0.749. The zero-order valence-electron chi connectivity index (χ0n) is 8.85. The van der Waals surface area contributed by atoms with Crippen LogP contribution in [0.5, 0.6) is 0 Å². The number of hydrogen-bond donors (Lipinski definition) is 3. The van der Waals surface area contributed by atoms with E-state index in [1.54, 1.807) is 0 Å². The average Bonchev–Trinajstić information content (AvgIpc) is 2.29. The van der Waals surface area contributed by atoms with Crippen LogP contribution in [0.4, 0.5) is 5.95 Å². The van der Waals surface area contributed by atoms with Gasteiger partial charge in [-0.2, -0.15) is 0 Å². The lowest BCUT2D eigenvalue weighted by atomic mass is 10.4. The number of aliphatic hydroxyl groups is 2. The van der Waals surface area contributed by atoms with Crippen molar-refractivity contribution in [3.05, 3.63) is 11.2 Å². The molecule has 0 bridgehead atoms. The first-order valence-corrected chi connectivity index (χ1v) is 6.21. The summed E-state index contributed by atoms with van der Waals surface area (Å²) >= 11 is 7.19. The first-order valence-electron chi connectivity index (χ1n) is 4.85. The van der Waals surface area contributed by atoms with Crippen molar-refractivity contribution in [2.45, 2.75) is 18.1 Å². The predicted octanol–water partition coefficient (Wildman–Crippen LogP) is 1.01. The molecule has 0 fully saturated rings. The topological polar surface area (TPSA) is 78.3 Å². The molecular formula is C9H14ClN3O2S. The van der Waals surface area contributed by atoms with Crippen molar-refractivity contribution < 1.29 is 10.2 Å². The van der Waals surface area contributed by atoms with E-state index in [2.05, 4.69) is 15.3 Å². The lowest BCUT2D eigenvalue weighted by Gasteiger charge is -2.08. The quantitative estimate of drug-likeness (QED) is 0.525. The zero-order chi connectivity index (χ0) is 12.0. The van der Waals surface area contributed by atoms with E-state index in [1.165, 1.54) is 18.0 Å². The van der Waals surface area contributed by atoms with Crippen LogP contribution in [0.1, 0.15) is 6.92 Å². The lowest BCUT2D eigenvalue weighted by Crippen LogP contribution is -2.14. The van der Waals surface area contributed by atoms with Gasteiger partial charge in [0.2, 0.25) is 5.95 Å². The number of aromatic nitrogens is 2. The summed E-state index contributed by atoms with van der Waals surface area (Å²) in [5.41, 5.74) is 0. The fraction of sp³-hybridized carbons (Fsp3) is 0.556. The molecule has 1 heterocycles. The molecule has 0 amide bonds. The molecule has 3 N–H and O–H groups in total. The van der Waals surface area contributed by atoms with Crippen LogP contribution < -0.4 is 5.32 Å². The summed E-state index contributed by atoms with van der Waals surface area (Å²) in [5.74, 6) is 0.853. The van der Waals surface area contributed by atoms with Crippen LogP contribution >= 0.6 is 23.4 Å². The van der Waals surface area contributed by atoms with E-state index in [0.717, 1.165) is 6.54 Å². The average molecular weight is 264 g/mol. The largest absolute Gasteiger partial charge is 0.394 e. The second-order valence-electron chi connectivity index (χ2n) is 3.02. The summed E-state index contributed by atoms with van der Waals surface area (Å²) in [7, 11) is 0. The summed E-state index contributed by atoms with van der Waals surface area (Å²) in [6.45, 7) is 2.40. The van der Waals surface area contributed by atoms with Gasteiger partial charge in [-0.15, -0.1) is 11.8 Å². The van der Waals surface area contributed by atoms with Gasteiger partial charge in [0.15, 0.2) is 0 Å². The van der Waals surface area contributed by atoms with Gasteiger partial charge in [0.05, 0.1) is 23.9 Å². The van der Waals surface area contributed by atoms with Crippen LogP contribution in [0.2, 0.25) is 5.02 Å². The monoisotopic (exact) mass is 263 g/mol. The van der Waals surface area contributed by atoms with Crippen molar-refractivity contribution in [2.24, 2.45) is 0 Å². The van der Waals surface area contributed by atoms with Crippen molar-refractivity contribution in [3.63, 3.8) is 0 Å². The molecule has 0 aromatic carbocycles. The molecule has 5 nitrogen and oxygen atoms in total. The standard InChI is InChI=1S/C9H14ClN3O2S/c1-2-11-9-12-3-7(10)8(13-9)16-5-6(15)4-14/h3,6,14-15H,2,4-5H2,1H3,(H,11,12,13). The Morgan fingerprint density at radius 1 is 1.62 bits per heavy atom. The number of rotatable bonds is 6. The van der Waals surface area contributed by atoms with E-state index in [9.17, 15) is 5.11 Å². The molecule has 1 aromatic heterocycles. The molecular weight excluding hydrogens is 250 g/mol. The minimum Gasteiger partial charge on any atom is -0.394 e. The minimum atomic E-state index is -0.765. The SMILES string of the molecule is CCNc1ncc(Cl)c(SCC(O)CO)n1. The van der Waals surface area contributed by atoms with E-state index in [-0.39, 0.29) is 6.61 Å². The number of hydrogen-bond acceptors (Lipinski definition) is 6. The molecule has 1 rings (SSSR count). The van der Waals surface area contributed by atoms with Crippen molar-refractivity contribution in [2.75, 3.05) is 24.2 Å². The fourth-order valence-electron chi connectivity index (χ4n) is 0.924. The van der Waals surface area contributed by atoms with E-state index >= 15 is 0 Å². The van der Waals surface area contributed by atoms with Gasteiger partial charge in [-0.1, -0.05) is 11.6 Å². The maximum absolute atomic E-state index is 9.21. The molecule has 0 aliphatic carbocycles. The second kappa shape index (κ2) is 6.90. The van der Waals surface area contributed by atoms with Gasteiger partial charge in [0.1, 0.15) is 5.03 Å². The van der Waals surface area contributed by atoms with Crippen LogP contribution in [0, 0.1) is 0 Å². The number of aliphatic hydroxyl groups excluding tert-OH is 2. The van der Waals surface area contributed by atoms with Crippen molar-refractivity contribution in [1.29, 1.82) is 0 Å². The highest BCUT2D eigenvalue weighted by Gasteiger charge is 2.09. The smallest absolute Gasteiger partial charge is 0.223 e. The Balaban J connectivity index is 2.66. The van der Waals surface area contributed by atoms with E-state index in [0.29, 0.717) is 21.7 Å². The third kappa shape index (κ3) is 4.13. The van der Waals surface area contributed by atoms with E-state index < -0.39 is 6.10 Å². The maximum atomic E-state index is 9.21. The van der Waals surface area contributed by atoms with Gasteiger partial charge in [-0.05, 0) is 6.92 Å². The molecule has 16 heavy (non-hydrogen) atoms. The highest BCUT2D eigenvalue weighted by atomic mass is 35.5. The van der Waals surface area contributed by atoms with Crippen molar-refractivity contribution >= 4 is 29.3 Å². The van der Waals surface area contributed by atoms with Crippen LogP contribution in [-0.2, 0) is 0 Å². The van der Waals surface area contributed by atoms with E-state index in [4.69, 9.17) is 16.7 Å². The molecule has 0 aliphatic rings. The molecule has 1 unspecified atom stereocenters. The minimum absolute atomic E-state index is 0.268. The van der Waals surface area contributed by atoms with Gasteiger partial charge < -0.3 is 15.5 Å². The van der Waals surface area contributed by atoms with Gasteiger partial charge in [0.25, 0.3) is 0 Å². The Morgan fingerprint density at radius 2 is 2.38 bits per heavy atom. The molecule has 1 aromatic rings. The first-order chi connectivity index (χ1) is 7.67. The molecule has 7 heteroatoms. The maximum Gasteiger partial charge on any atom is 0.223 e. The summed E-state index contributed by atoms with van der Waals surface area (Å²) < 4.78 is 0. The van der Waals surface area contributed by atoms with Crippen LogP contribution in [-0.4, -0.2) is 45.2 Å². The molecule has 0 spiro atoms. The Morgan fingerprint density at radius 3 is 3.00 bits per heavy atom. The van der Waals surface area contributed by atoms with Crippen LogP contribution in [0.3, 0.4) is 0 Å². The number of anilines is 1. The fourth-order valence-corrected chi connectivity index (χ4v) is 1.98. The summed E-state index contributed by atoms with van der Waals surface area (Å²) in [5, 5.41) is 21.9. The number of nitrogens with one attached hydrogen (secondary N) is 1. The molecule has 90 valence electrons. The molecule has 0 saturated carbocycles. The highest BCUT2D eigenvalue weighted by molar-refractivity contribution is 7.99. The second-order valence-corrected chi connectivity index (χ2v) is 4.44.